The van der Waals surface area contributed by atoms with Crippen LogP contribution < -0.4 is 10.1 Å². The first-order chi connectivity index (χ1) is 11.7. The minimum Gasteiger partial charge on any atom is -0.497 e. The number of halogens is 1. The van der Waals surface area contributed by atoms with Crippen LogP contribution >= 0.6 is 23.8 Å². The van der Waals surface area contributed by atoms with E-state index in [1.165, 1.54) is 0 Å². The van der Waals surface area contributed by atoms with Crippen LogP contribution in [0.2, 0.25) is 5.02 Å². The van der Waals surface area contributed by atoms with Crippen molar-refractivity contribution in [2.24, 2.45) is 0 Å². The lowest BCUT2D eigenvalue weighted by atomic mass is 9.99. The molecule has 0 fully saturated rings. The fraction of sp³-hybridized carbons (Fsp3) is 0.222. The number of nitrogens with one attached hydrogen (secondary N) is 1. The van der Waals surface area contributed by atoms with Crippen molar-refractivity contribution in [2.45, 2.75) is 18.5 Å². The lowest BCUT2D eigenvalue weighted by Gasteiger charge is -2.20. The molecule has 2 aromatic carbocycles. The highest BCUT2D eigenvalue weighted by Gasteiger charge is 2.40. The second-order valence-electron chi connectivity index (χ2n) is 6.17. The molecule has 2 atom stereocenters. The average molecular weight is 356 g/mol. The first-order valence-corrected chi connectivity index (χ1v) is 8.61. The molecule has 0 aliphatic carbocycles. The summed E-state index contributed by atoms with van der Waals surface area (Å²) in [4.78, 5) is 5.58. The van der Waals surface area contributed by atoms with E-state index in [2.05, 4.69) is 9.88 Å². The first kappa shape index (κ1) is 14.3. The van der Waals surface area contributed by atoms with E-state index in [1.54, 1.807) is 7.11 Å². The van der Waals surface area contributed by atoms with Crippen LogP contribution in [-0.4, -0.2) is 21.6 Å². The highest BCUT2D eigenvalue weighted by molar-refractivity contribution is 7.80. The van der Waals surface area contributed by atoms with E-state index < -0.39 is 0 Å². The molecule has 6 heteroatoms. The molecular weight excluding hydrogens is 342 g/mol. The second kappa shape index (κ2) is 4.94. The van der Waals surface area contributed by atoms with Gasteiger partial charge in [-0.1, -0.05) is 36.0 Å². The number of fused-ring (bicyclic) bond motifs is 9. The van der Waals surface area contributed by atoms with Crippen molar-refractivity contribution in [2.75, 3.05) is 7.11 Å². The van der Waals surface area contributed by atoms with E-state index in [0.717, 1.165) is 50.2 Å². The van der Waals surface area contributed by atoms with E-state index in [0.29, 0.717) is 0 Å². The number of rotatable bonds is 1. The van der Waals surface area contributed by atoms with Gasteiger partial charge in [0.1, 0.15) is 16.6 Å². The fourth-order valence-corrected chi connectivity index (χ4v) is 4.53. The van der Waals surface area contributed by atoms with Crippen molar-refractivity contribution in [3.8, 4) is 5.75 Å². The summed E-state index contributed by atoms with van der Waals surface area (Å²) in [5.74, 6) is 1.84. The van der Waals surface area contributed by atoms with Crippen LogP contribution in [0.5, 0.6) is 5.75 Å². The molecule has 2 aliphatic heterocycles. The van der Waals surface area contributed by atoms with Gasteiger partial charge in [-0.05, 0) is 24.6 Å². The van der Waals surface area contributed by atoms with Gasteiger partial charge < -0.3 is 14.6 Å². The molecule has 120 valence electrons. The standard InChI is InChI=1S/C18H14ClN3OS/c1-23-9-5-6-12-14(7-9)22-15-8-13(17(22)20-12)21-18(24)10-3-2-4-11(19)16(10)15/h2-7,13,15H,8H2,1H3,(H,21,24)/t13-,15-/m1/s1. The topological polar surface area (TPSA) is 39.1 Å². The lowest BCUT2D eigenvalue weighted by molar-refractivity contribution is 0.415. The Balaban J connectivity index is 1.83. The summed E-state index contributed by atoms with van der Waals surface area (Å²) < 4.78 is 7.67. The summed E-state index contributed by atoms with van der Waals surface area (Å²) in [5, 5.41) is 4.21. The van der Waals surface area contributed by atoms with E-state index >= 15 is 0 Å². The van der Waals surface area contributed by atoms with Crippen LogP contribution in [-0.2, 0) is 0 Å². The zero-order valence-corrected chi connectivity index (χ0v) is 14.5. The van der Waals surface area contributed by atoms with Gasteiger partial charge in [-0.3, -0.25) is 0 Å². The molecule has 2 bridgehead atoms. The monoisotopic (exact) mass is 355 g/mol. The summed E-state index contributed by atoms with van der Waals surface area (Å²) in [5.41, 5.74) is 4.13. The molecule has 0 unspecified atom stereocenters. The number of benzene rings is 2. The third kappa shape index (κ3) is 1.79. The smallest absolute Gasteiger partial charge is 0.133 e. The number of nitrogens with zero attached hydrogens (tertiary/aromatic N) is 2. The number of thiocarbonyl (C=S) groups is 1. The summed E-state index contributed by atoms with van der Waals surface area (Å²) in [6.07, 6.45) is 0.895. The largest absolute Gasteiger partial charge is 0.497 e. The van der Waals surface area contributed by atoms with Crippen LogP contribution in [0.1, 0.15) is 35.5 Å². The van der Waals surface area contributed by atoms with Gasteiger partial charge in [-0.2, -0.15) is 0 Å². The SMILES string of the molecule is COc1ccc2nc3n(c2c1)[C@@H]1C[C@H]3NC(=S)c2cccc(Cl)c21. The normalized spacial score (nSPS) is 21.2. The minimum atomic E-state index is 0.101. The maximum absolute atomic E-state index is 6.57. The summed E-state index contributed by atoms with van der Waals surface area (Å²) in [7, 11) is 1.68. The van der Waals surface area contributed by atoms with Crippen LogP contribution in [0.25, 0.3) is 11.0 Å². The van der Waals surface area contributed by atoms with E-state index in [4.69, 9.17) is 33.5 Å². The van der Waals surface area contributed by atoms with Gasteiger partial charge in [0.2, 0.25) is 0 Å². The van der Waals surface area contributed by atoms with Crippen molar-refractivity contribution in [1.29, 1.82) is 0 Å². The summed E-state index contributed by atoms with van der Waals surface area (Å²) in [6, 6.07) is 12.1. The number of aromatic nitrogens is 2. The average Bonchev–Trinajstić information content (AvgIpc) is 3.07. The Morgan fingerprint density at radius 1 is 1.33 bits per heavy atom. The third-order valence-electron chi connectivity index (χ3n) is 4.94. The number of hydrogen-bond donors (Lipinski definition) is 1. The van der Waals surface area contributed by atoms with Gasteiger partial charge in [0.25, 0.3) is 0 Å². The number of hydrogen-bond acceptors (Lipinski definition) is 3. The molecular formula is C18H14ClN3OS. The predicted molar refractivity (Wildman–Crippen MR) is 98.1 cm³/mol. The molecule has 4 nitrogen and oxygen atoms in total. The van der Waals surface area contributed by atoms with Crippen molar-refractivity contribution in [3.05, 3.63) is 58.4 Å². The van der Waals surface area contributed by atoms with Crippen molar-refractivity contribution < 1.29 is 4.74 Å². The Labute approximate surface area is 149 Å². The van der Waals surface area contributed by atoms with Crippen LogP contribution in [0.4, 0.5) is 0 Å². The molecule has 24 heavy (non-hydrogen) atoms. The van der Waals surface area contributed by atoms with E-state index in [-0.39, 0.29) is 12.1 Å². The van der Waals surface area contributed by atoms with Gasteiger partial charge in [-0.15, -0.1) is 0 Å². The Bertz CT molecular complexity index is 1010. The van der Waals surface area contributed by atoms with Gasteiger partial charge in [-0.25, -0.2) is 4.98 Å². The Morgan fingerprint density at radius 3 is 3.04 bits per heavy atom. The van der Waals surface area contributed by atoms with Crippen molar-refractivity contribution in [3.63, 3.8) is 0 Å². The molecule has 1 aromatic heterocycles. The fourth-order valence-electron chi connectivity index (χ4n) is 3.91. The van der Waals surface area contributed by atoms with Crippen LogP contribution in [0.15, 0.2) is 36.4 Å². The first-order valence-electron chi connectivity index (χ1n) is 7.82. The molecule has 1 N–H and O–H groups in total. The van der Waals surface area contributed by atoms with Gasteiger partial charge >= 0.3 is 0 Å². The molecule has 0 amide bonds. The Hall–Kier alpha value is -2.11. The van der Waals surface area contributed by atoms with E-state index in [9.17, 15) is 0 Å². The number of imidazole rings is 1. The summed E-state index contributed by atoms with van der Waals surface area (Å²) >= 11 is 12.2. The Kier molecular flexibility index (Phi) is 2.94. The van der Waals surface area contributed by atoms with Gasteiger partial charge in [0.15, 0.2) is 0 Å². The second-order valence-corrected chi connectivity index (χ2v) is 6.99. The molecule has 0 radical (unpaired) electrons. The third-order valence-corrected chi connectivity index (χ3v) is 5.61. The molecule has 3 heterocycles. The molecule has 0 saturated heterocycles. The van der Waals surface area contributed by atoms with Crippen molar-refractivity contribution >= 4 is 39.8 Å². The van der Waals surface area contributed by atoms with Gasteiger partial charge in [0.05, 0.1) is 30.2 Å². The molecule has 0 spiro atoms. The molecule has 5 rings (SSSR count). The van der Waals surface area contributed by atoms with Crippen LogP contribution in [0.3, 0.4) is 0 Å². The van der Waals surface area contributed by atoms with Gasteiger partial charge in [0, 0.05) is 22.2 Å². The molecule has 0 saturated carbocycles. The molecule has 2 aliphatic rings. The summed E-state index contributed by atoms with van der Waals surface area (Å²) in [6.45, 7) is 0. The zero-order chi connectivity index (χ0) is 16.4. The van der Waals surface area contributed by atoms with Crippen LogP contribution in [0, 0.1) is 0 Å². The maximum atomic E-state index is 6.57. The number of methoxy groups -OCH3 is 1. The molecule has 3 aromatic rings. The Morgan fingerprint density at radius 2 is 2.21 bits per heavy atom. The van der Waals surface area contributed by atoms with E-state index in [1.807, 2.05) is 36.4 Å². The highest BCUT2D eigenvalue weighted by atomic mass is 35.5. The predicted octanol–water partition coefficient (Wildman–Crippen LogP) is 4.01. The highest BCUT2D eigenvalue weighted by Crippen LogP contribution is 2.46. The maximum Gasteiger partial charge on any atom is 0.133 e. The van der Waals surface area contributed by atoms with Crippen molar-refractivity contribution in [1.82, 2.24) is 14.9 Å². The zero-order valence-electron chi connectivity index (χ0n) is 12.9. The quantitative estimate of drug-likeness (QED) is 0.669. The minimum absolute atomic E-state index is 0.101. The lowest BCUT2D eigenvalue weighted by Crippen LogP contribution is -2.27. The number of ether oxygens (including phenoxy) is 1.